The van der Waals surface area contributed by atoms with Gasteiger partial charge in [0.1, 0.15) is 5.75 Å². The fourth-order valence-corrected chi connectivity index (χ4v) is 2.10. The van der Waals surface area contributed by atoms with Crippen LogP contribution in [0.25, 0.3) is 0 Å². The molecule has 5 heteroatoms. The lowest BCUT2D eigenvalue weighted by Gasteiger charge is -2.11. The molecule has 0 unspecified atom stereocenters. The summed E-state index contributed by atoms with van der Waals surface area (Å²) in [6.45, 7) is 3.85. The monoisotopic (exact) mass is 326 g/mol. The summed E-state index contributed by atoms with van der Waals surface area (Å²) in [4.78, 5) is 24.2. The summed E-state index contributed by atoms with van der Waals surface area (Å²) in [5.74, 6) is 0.296. The Bertz CT molecular complexity index is 711. The van der Waals surface area contributed by atoms with E-state index < -0.39 is 0 Å². The number of ether oxygens (including phenoxy) is 1. The zero-order valence-corrected chi connectivity index (χ0v) is 14.1. The number of amides is 2. The molecule has 2 rings (SSSR count). The van der Waals surface area contributed by atoms with Crippen molar-refractivity contribution in [3.05, 3.63) is 54.1 Å². The number of carbonyl (C=O) groups is 2. The Labute approximate surface area is 142 Å². The fraction of sp³-hybridized carbons (Fsp3) is 0.263. The van der Waals surface area contributed by atoms with E-state index in [-0.39, 0.29) is 17.7 Å². The highest BCUT2D eigenvalue weighted by molar-refractivity contribution is 6.05. The van der Waals surface area contributed by atoms with Crippen LogP contribution in [0.1, 0.15) is 30.6 Å². The van der Waals surface area contributed by atoms with Gasteiger partial charge in [0, 0.05) is 17.2 Å². The smallest absolute Gasteiger partial charge is 0.255 e. The molecule has 5 nitrogen and oxygen atoms in total. The molecule has 0 spiro atoms. The molecule has 2 aromatic carbocycles. The zero-order valence-electron chi connectivity index (χ0n) is 14.1. The van der Waals surface area contributed by atoms with Gasteiger partial charge in [0.15, 0.2) is 0 Å². The van der Waals surface area contributed by atoms with Crippen molar-refractivity contribution < 1.29 is 14.3 Å². The second-order valence-electron chi connectivity index (χ2n) is 5.53. The lowest BCUT2D eigenvalue weighted by Crippen LogP contribution is -2.19. The Kier molecular flexibility index (Phi) is 5.95. The first-order valence-electron chi connectivity index (χ1n) is 7.90. The minimum absolute atomic E-state index is 0.0243. The molecule has 0 aromatic heterocycles. The van der Waals surface area contributed by atoms with E-state index in [0.717, 1.165) is 6.42 Å². The second-order valence-corrected chi connectivity index (χ2v) is 5.53. The van der Waals surface area contributed by atoms with Crippen LogP contribution in [0, 0.1) is 5.92 Å². The number of carbonyl (C=O) groups excluding carboxylic acids is 2. The molecular weight excluding hydrogens is 304 g/mol. The fourth-order valence-electron chi connectivity index (χ4n) is 2.10. The summed E-state index contributed by atoms with van der Waals surface area (Å²) in [6.07, 6.45) is 0.783. The van der Waals surface area contributed by atoms with E-state index in [9.17, 15) is 9.59 Å². The van der Waals surface area contributed by atoms with E-state index in [0.29, 0.717) is 22.7 Å². The van der Waals surface area contributed by atoms with Crippen LogP contribution in [-0.2, 0) is 4.79 Å². The normalized spacial score (nSPS) is 11.5. The van der Waals surface area contributed by atoms with Gasteiger partial charge >= 0.3 is 0 Å². The third-order valence-corrected chi connectivity index (χ3v) is 3.83. The largest absolute Gasteiger partial charge is 0.495 e. The summed E-state index contributed by atoms with van der Waals surface area (Å²) in [7, 11) is 1.56. The lowest BCUT2D eigenvalue weighted by molar-refractivity contribution is -0.119. The maximum Gasteiger partial charge on any atom is 0.255 e. The summed E-state index contributed by atoms with van der Waals surface area (Å²) >= 11 is 0. The SMILES string of the molecule is CC[C@H](C)C(=O)Nc1ccc(C(=O)Nc2ccccc2OC)cc1. The average Bonchev–Trinajstić information content (AvgIpc) is 2.61. The molecule has 0 aliphatic carbocycles. The predicted molar refractivity (Wildman–Crippen MR) is 95.5 cm³/mol. The van der Waals surface area contributed by atoms with Crippen LogP contribution in [0.2, 0.25) is 0 Å². The third-order valence-electron chi connectivity index (χ3n) is 3.83. The molecule has 1 atom stereocenters. The van der Waals surface area contributed by atoms with Gasteiger partial charge in [-0.15, -0.1) is 0 Å². The van der Waals surface area contributed by atoms with E-state index in [1.807, 2.05) is 26.0 Å². The van der Waals surface area contributed by atoms with E-state index in [1.54, 1.807) is 43.5 Å². The van der Waals surface area contributed by atoms with Gasteiger partial charge in [-0.2, -0.15) is 0 Å². The molecule has 0 aliphatic heterocycles. The highest BCUT2D eigenvalue weighted by Gasteiger charge is 2.12. The summed E-state index contributed by atoms with van der Waals surface area (Å²) in [5, 5.41) is 5.65. The predicted octanol–water partition coefficient (Wildman–Crippen LogP) is 3.93. The number of hydrogen-bond acceptors (Lipinski definition) is 3. The maximum absolute atomic E-state index is 12.3. The lowest BCUT2D eigenvalue weighted by atomic mass is 10.1. The van der Waals surface area contributed by atoms with Gasteiger partial charge in [-0.25, -0.2) is 0 Å². The molecule has 0 heterocycles. The second kappa shape index (κ2) is 8.15. The van der Waals surface area contributed by atoms with Crippen LogP contribution in [0.3, 0.4) is 0 Å². The first kappa shape index (κ1) is 17.5. The molecule has 0 radical (unpaired) electrons. The Morgan fingerprint density at radius 3 is 2.33 bits per heavy atom. The molecule has 0 fully saturated rings. The highest BCUT2D eigenvalue weighted by atomic mass is 16.5. The minimum Gasteiger partial charge on any atom is -0.495 e. The van der Waals surface area contributed by atoms with Crippen molar-refractivity contribution in [1.82, 2.24) is 0 Å². The van der Waals surface area contributed by atoms with Crippen molar-refractivity contribution in [3.63, 3.8) is 0 Å². The minimum atomic E-state index is -0.237. The number of benzene rings is 2. The van der Waals surface area contributed by atoms with Gasteiger partial charge < -0.3 is 15.4 Å². The Morgan fingerprint density at radius 1 is 1.04 bits per heavy atom. The summed E-state index contributed by atoms with van der Waals surface area (Å²) < 4.78 is 5.22. The molecule has 0 aliphatic rings. The Hall–Kier alpha value is -2.82. The van der Waals surface area contributed by atoms with Crippen molar-refractivity contribution in [3.8, 4) is 5.75 Å². The van der Waals surface area contributed by atoms with E-state index in [1.165, 1.54) is 0 Å². The molecule has 0 bridgehead atoms. The van der Waals surface area contributed by atoms with Gasteiger partial charge in [-0.1, -0.05) is 26.0 Å². The van der Waals surface area contributed by atoms with Gasteiger partial charge in [0.25, 0.3) is 5.91 Å². The highest BCUT2D eigenvalue weighted by Crippen LogP contribution is 2.24. The molecule has 2 N–H and O–H groups in total. The van der Waals surface area contributed by atoms with Crippen molar-refractivity contribution >= 4 is 23.2 Å². The number of rotatable bonds is 6. The van der Waals surface area contributed by atoms with E-state index in [2.05, 4.69) is 10.6 Å². The van der Waals surface area contributed by atoms with Crippen LogP contribution in [0.15, 0.2) is 48.5 Å². The van der Waals surface area contributed by atoms with Crippen LogP contribution in [0.5, 0.6) is 5.75 Å². The summed E-state index contributed by atoms with van der Waals surface area (Å²) in [5.41, 5.74) is 1.79. The quantitative estimate of drug-likeness (QED) is 0.845. The van der Waals surface area contributed by atoms with Gasteiger partial charge in [-0.3, -0.25) is 9.59 Å². The first-order valence-corrected chi connectivity index (χ1v) is 7.90. The molecule has 126 valence electrons. The molecule has 2 aromatic rings. The van der Waals surface area contributed by atoms with Gasteiger partial charge in [-0.05, 0) is 42.8 Å². The zero-order chi connectivity index (χ0) is 17.5. The van der Waals surface area contributed by atoms with Crippen LogP contribution in [0.4, 0.5) is 11.4 Å². The van der Waals surface area contributed by atoms with Crippen LogP contribution in [-0.4, -0.2) is 18.9 Å². The molecule has 2 amide bonds. The standard InChI is InChI=1S/C19H22N2O3/c1-4-13(2)18(22)20-15-11-9-14(10-12-15)19(23)21-16-7-5-6-8-17(16)24-3/h5-13H,4H2,1-3H3,(H,20,22)(H,21,23)/t13-/m0/s1. The Balaban J connectivity index is 2.05. The topological polar surface area (TPSA) is 67.4 Å². The van der Waals surface area contributed by atoms with Crippen LogP contribution < -0.4 is 15.4 Å². The number of nitrogens with one attached hydrogen (secondary N) is 2. The van der Waals surface area contributed by atoms with Crippen molar-refractivity contribution in [1.29, 1.82) is 0 Å². The third kappa shape index (κ3) is 4.35. The van der Waals surface area contributed by atoms with Crippen molar-refractivity contribution in [2.24, 2.45) is 5.92 Å². The molecular formula is C19H22N2O3. The molecule has 24 heavy (non-hydrogen) atoms. The number of hydrogen-bond donors (Lipinski definition) is 2. The number of anilines is 2. The number of methoxy groups -OCH3 is 1. The average molecular weight is 326 g/mol. The van der Waals surface area contributed by atoms with Crippen molar-refractivity contribution in [2.75, 3.05) is 17.7 Å². The van der Waals surface area contributed by atoms with Gasteiger partial charge in [0.2, 0.25) is 5.91 Å². The maximum atomic E-state index is 12.3. The Morgan fingerprint density at radius 2 is 1.71 bits per heavy atom. The van der Waals surface area contributed by atoms with E-state index >= 15 is 0 Å². The van der Waals surface area contributed by atoms with Gasteiger partial charge in [0.05, 0.1) is 12.8 Å². The summed E-state index contributed by atoms with van der Waals surface area (Å²) in [6, 6.07) is 14.0. The van der Waals surface area contributed by atoms with Crippen molar-refractivity contribution in [2.45, 2.75) is 20.3 Å². The van der Waals surface area contributed by atoms with E-state index in [4.69, 9.17) is 4.74 Å². The molecule has 0 saturated heterocycles. The number of para-hydroxylation sites is 2. The van der Waals surface area contributed by atoms with Crippen LogP contribution >= 0.6 is 0 Å². The first-order chi connectivity index (χ1) is 11.5. The molecule has 0 saturated carbocycles.